The molecule has 0 radical (unpaired) electrons. The summed E-state index contributed by atoms with van der Waals surface area (Å²) in [7, 11) is 1.37. The van der Waals surface area contributed by atoms with Crippen molar-refractivity contribution in [2.75, 3.05) is 20.2 Å². The fourth-order valence-corrected chi connectivity index (χ4v) is 2.17. The van der Waals surface area contributed by atoms with E-state index in [1.807, 2.05) is 6.92 Å². The van der Waals surface area contributed by atoms with Crippen LogP contribution in [0.25, 0.3) is 0 Å². The monoisotopic (exact) mass is 367 g/mol. The van der Waals surface area contributed by atoms with Crippen molar-refractivity contribution in [2.45, 2.75) is 25.9 Å². The van der Waals surface area contributed by atoms with E-state index >= 15 is 0 Å². The molecule has 0 unspecified atom stereocenters. The van der Waals surface area contributed by atoms with Crippen molar-refractivity contribution in [3.8, 4) is 5.75 Å². The lowest BCUT2D eigenvalue weighted by Gasteiger charge is -2.24. The Morgan fingerprint density at radius 2 is 2.05 bits per heavy atom. The van der Waals surface area contributed by atoms with Gasteiger partial charge >= 0.3 is 6.18 Å². The molecule has 0 atom stereocenters. The van der Waals surface area contributed by atoms with Crippen LogP contribution in [0.4, 0.5) is 13.2 Å². The van der Waals surface area contributed by atoms with Crippen molar-refractivity contribution >= 4 is 21.8 Å². The summed E-state index contributed by atoms with van der Waals surface area (Å²) in [6.45, 7) is 0.662. The Kier molecular flexibility index (Phi) is 6.51. The number of methoxy groups -OCH3 is 1. The Bertz CT molecular complexity index is 492. The molecule has 3 nitrogen and oxygen atoms in total. The van der Waals surface area contributed by atoms with Crippen molar-refractivity contribution in [2.24, 2.45) is 0 Å². The molecule has 0 bridgehead atoms. The second kappa shape index (κ2) is 7.68. The minimum absolute atomic E-state index is 0.0636. The summed E-state index contributed by atoms with van der Waals surface area (Å²) in [5.74, 6) is -0.428. The van der Waals surface area contributed by atoms with Crippen LogP contribution in [0, 0.1) is 0 Å². The van der Waals surface area contributed by atoms with Gasteiger partial charge in [0.1, 0.15) is 12.3 Å². The van der Waals surface area contributed by atoms with Crippen molar-refractivity contribution in [3.05, 3.63) is 28.2 Å². The van der Waals surface area contributed by atoms with Crippen LogP contribution in [-0.2, 0) is 0 Å². The molecule has 0 N–H and O–H groups in total. The van der Waals surface area contributed by atoms with Gasteiger partial charge in [0, 0.05) is 11.0 Å². The van der Waals surface area contributed by atoms with Gasteiger partial charge in [0.25, 0.3) is 5.91 Å². The molecule has 1 amide bonds. The van der Waals surface area contributed by atoms with Gasteiger partial charge in [-0.15, -0.1) is 0 Å². The number of rotatable bonds is 6. The number of ether oxygens (including phenoxy) is 1. The number of amides is 1. The van der Waals surface area contributed by atoms with Gasteiger partial charge in [-0.1, -0.05) is 29.3 Å². The third kappa shape index (κ3) is 5.57. The van der Waals surface area contributed by atoms with Gasteiger partial charge < -0.3 is 9.64 Å². The molecular formula is C14H17BrF3NO2. The smallest absolute Gasteiger partial charge is 0.406 e. The molecular weight excluding hydrogens is 351 g/mol. The van der Waals surface area contributed by atoms with Crippen LogP contribution in [-0.4, -0.2) is 37.2 Å². The Balaban J connectivity index is 3.04. The molecule has 0 aliphatic rings. The first kappa shape index (κ1) is 17.8. The first-order valence-electron chi connectivity index (χ1n) is 6.48. The number of hydrogen-bond acceptors (Lipinski definition) is 2. The minimum atomic E-state index is -4.42. The Morgan fingerprint density at radius 1 is 1.38 bits per heavy atom. The Morgan fingerprint density at radius 3 is 2.57 bits per heavy atom. The maximum atomic E-state index is 12.6. The quantitative estimate of drug-likeness (QED) is 0.751. The number of nitrogens with zero attached hydrogens (tertiary/aromatic N) is 1. The summed E-state index contributed by atoms with van der Waals surface area (Å²) < 4.78 is 43.6. The fourth-order valence-electron chi connectivity index (χ4n) is 1.83. The Hall–Kier alpha value is -1.24. The molecule has 1 aromatic carbocycles. The molecule has 0 aliphatic heterocycles. The lowest BCUT2D eigenvalue weighted by Crippen LogP contribution is -2.39. The molecule has 0 heterocycles. The molecule has 1 rings (SSSR count). The molecule has 0 aromatic heterocycles. The molecule has 0 aliphatic carbocycles. The molecule has 118 valence electrons. The summed E-state index contributed by atoms with van der Waals surface area (Å²) in [5, 5.41) is 0. The van der Waals surface area contributed by atoms with E-state index in [2.05, 4.69) is 15.9 Å². The predicted octanol–water partition coefficient (Wildman–Crippen LogP) is 4.26. The van der Waals surface area contributed by atoms with Gasteiger partial charge in [0.05, 0.1) is 12.7 Å². The SMILES string of the molecule is CCCCN(CC(F)(F)F)C(=O)c1ccc(Br)cc1OC. The van der Waals surface area contributed by atoms with Gasteiger partial charge in [-0.05, 0) is 24.6 Å². The molecule has 21 heavy (non-hydrogen) atoms. The van der Waals surface area contributed by atoms with Crippen molar-refractivity contribution in [3.63, 3.8) is 0 Å². The molecule has 1 aromatic rings. The zero-order valence-corrected chi connectivity index (χ0v) is 13.4. The first-order valence-corrected chi connectivity index (χ1v) is 7.27. The molecule has 0 fully saturated rings. The minimum Gasteiger partial charge on any atom is -0.496 e. The average Bonchev–Trinajstić information content (AvgIpc) is 2.41. The van der Waals surface area contributed by atoms with Crippen LogP contribution in [0.15, 0.2) is 22.7 Å². The van der Waals surface area contributed by atoms with E-state index in [9.17, 15) is 18.0 Å². The topological polar surface area (TPSA) is 29.5 Å². The molecule has 0 saturated carbocycles. The molecule has 0 spiro atoms. The highest BCUT2D eigenvalue weighted by molar-refractivity contribution is 9.10. The van der Waals surface area contributed by atoms with Gasteiger partial charge in [0.2, 0.25) is 0 Å². The normalized spacial score (nSPS) is 11.3. The summed E-state index contributed by atoms with van der Waals surface area (Å²) in [6, 6.07) is 4.61. The van der Waals surface area contributed by atoms with Gasteiger partial charge in [-0.25, -0.2) is 0 Å². The number of benzene rings is 1. The summed E-state index contributed by atoms with van der Waals surface area (Å²) in [4.78, 5) is 13.2. The van der Waals surface area contributed by atoms with Crippen molar-refractivity contribution < 1.29 is 22.7 Å². The second-order valence-electron chi connectivity index (χ2n) is 4.54. The predicted molar refractivity (Wildman–Crippen MR) is 77.6 cm³/mol. The standard InChI is InChI=1S/C14H17BrF3NO2/c1-3-4-7-19(9-14(16,17)18)13(20)11-6-5-10(15)8-12(11)21-2/h5-6,8H,3-4,7,9H2,1-2H3. The highest BCUT2D eigenvalue weighted by atomic mass is 79.9. The van der Waals surface area contributed by atoms with E-state index in [-0.39, 0.29) is 17.9 Å². The summed E-state index contributed by atoms with van der Waals surface area (Å²) >= 11 is 3.23. The van der Waals surface area contributed by atoms with Gasteiger partial charge in [-0.3, -0.25) is 4.79 Å². The zero-order chi connectivity index (χ0) is 16.0. The first-order chi connectivity index (χ1) is 9.78. The number of unbranched alkanes of at least 4 members (excludes halogenated alkanes) is 1. The molecule has 0 saturated heterocycles. The number of hydrogen-bond donors (Lipinski definition) is 0. The second-order valence-corrected chi connectivity index (χ2v) is 5.46. The van der Waals surface area contributed by atoms with Crippen LogP contribution in [0.5, 0.6) is 5.75 Å². The largest absolute Gasteiger partial charge is 0.496 e. The van der Waals surface area contributed by atoms with E-state index in [1.54, 1.807) is 12.1 Å². The van der Waals surface area contributed by atoms with E-state index in [0.717, 1.165) is 4.90 Å². The van der Waals surface area contributed by atoms with E-state index in [1.165, 1.54) is 13.2 Å². The lowest BCUT2D eigenvalue weighted by molar-refractivity contribution is -0.140. The van der Waals surface area contributed by atoms with Crippen LogP contribution in [0.3, 0.4) is 0 Å². The maximum absolute atomic E-state index is 12.6. The van der Waals surface area contributed by atoms with Crippen LogP contribution < -0.4 is 4.74 Å². The number of halogens is 4. The maximum Gasteiger partial charge on any atom is 0.406 e. The third-order valence-electron chi connectivity index (χ3n) is 2.83. The third-order valence-corrected chi connectivity index (χ3v) is 3.33. The molecule has 7 heteroatoms. The Labute approximate surface area is 130 Å². The summed E-state index contributed by atoms with van der Waals surface area (Å²) in [5.41, 5.74) is 0.126. The number of alkyl halides is 3. The highest BCUT2D eigenvalue weighted by Crippen LogP contribution is 2.26. The van der Waals surface area contributed by atoms with Crippen molar-refractivity contribution in [1.82, 2.24) is 4.90 Å². The summed E-state index contributed by atoms with van der Waals surface area (Å²) in [6.07, 6.45) is -3.20. The van der Waals surface area contributed by atoms with E-state index < -0.39 is 18.6 Å². The number of carbonyl (C=O) groups excluding carboxylic acids is 1. The van der Waals surface area contributed by atoms with E-state index in [0.29, 0.717) is 17.3 Å². The zero-order valence-electron chi connectivity index (χ0n) is 11.8. The van der Waals surface area contributed by atoms with Gasteiger partial charge in [0.15, 0.2) is 0 Å². The fraction of sp³-hybridized carbons (Fsp3) is 0.500. The van der Waals surface area contributed by atoms with Crippen LogP contribution in [0.1, 0.15) is 30.1 Å². The number of carbonyl (C=O) groups is 1. The van der Waals surface area contributed by atoms with Crippen LogP contribution >= 0.6 is 15.9 Å². The van der Waals surface area contributed by atoms with E-state index in [4.69, 9.17) is 4.74 Å². The van der Waals surface area contributed by atoms with Crippen molar-refractivity contribution in [1.29, 1.82) is 0 Å². The lowest BCUT2D eigenvalue weighted by atomic mass is 10.1. The average molecular weight is 368 g/mol. The highest BCUT2D eigenvalue weighted by Gasteiger charge is 2.33. The van der Waals surface area contributed by atoms with Gasteiger partial charge in [-0.2, -0.15) is 13.2 Å². The van der Waals surface area contributed by atoms with Crippen LogP contribution in [0.2, 0.25) is 0 Å².